The molecule has 1 aromatic heterocycles. The largest absolute Gasteiger partial charge is 0.360 e. The second kappa shape index (κ2) is 6.80. The van der Waals surface area contributed by atoms with Crippen molar-refractivity contribution in [2.45, 2.75) is 25.8 Å². The molecule has 1 atom stereocenters. The molecule has 8 nitrogen and oxygen atoms in total. The number of halogens is 1. The molecule has 1 saturated heterocycles. The number of hydrogen-bond acceptors (Lipinski definition) is 5. The maximum atomic E-state index is 12.9. The summed E-state index contributed by atoms with van der Waals surface area (Å²) in [4.78, 5) is 38.3. The predicted molar refractivity (Wildman–Crippen MR) is 93.5 cm³/mol. The smallest absolute Gasteiger partial charge is 0.325 e. The Labute approximate surface area is 154 Å². The van der Waals surface area contributed by atoms with Crippen LogP contribution in [0.1, 0.15) is 24.7 Å². The number of urea groups is 1. The first-order chi connectivity index (χ1) is 12.4. The van der Waals surface area contributed by atoms with Crippen LogP contribution in [-0.2, 0) is 15.1 Å². The van der Waals surface area contributed by atoms with Gasteiger partial charge in [-0.25, -0.2) is 4.79 Å². The van der Waals surface area contributed by atoms with Gasteiger partial charge in [-0.1, -0.05) is 35.8 Å². The number of carbonyl (C=O) groups is 3. The van der Waals surface area contributed by atoms with Crippen LogP contribution in [0.25, 0.3) is 0 Å². The molecular weight excluding hydrogens is 360 g/mol. The van der Waals surface area contributed by atoms with Crippen LogP contribution in [0, 0.1) is 6.92 Å². The summed E-state index contributed by atoms with van der Waals surface area (Å²) in [6.07, 6.45) is 0.333. The van der Waals surface area contributed by atoms with Gasteiger partial charge in [0.15, 0.2) is 5.82 Å². The lowest BCUT2D eigenvalue weighted by atomic mass is 9.87. The van der Waals surface area contributed by atoms with Crippen molar-refractivity contribution in [2.75, 3.05) is 11.9 Å². The number of aromatic nitrogens is 1. The third-order valence-corrected chi connectivity index (χ3v) is 4.49. The Bertz CT molecular complexity index is 864. The molecule has 9 heteroatoms. The summed E-state index contributed by atoms with van der Waals surface area (Å²) in [6.45, 7) is 3.04. The monoisotopic (exact) mass is 376 g/mol. The van der Waals surface area contributed by atoms with Crippen LogP contribution >= 0.6 is 11.6 Å². The molecule has 2 N–H and O–H groups in total. The van der Waals surface area contributed by atoms with Gasteiger partial charge in [0, 0.05) is 11.1 Å². The van der Waals surface area contributed by atoms with Gasteiger partial charge in [0.2, 0.25) is 5.91 Å². The van der Waals surface area contributed by atoms with Gasteiger partial charge in [-0.3, -0.25) is 14.5 Å². The normalized spacial score (nSPS) is 19.6. The van der Waals surface area contributed by atoms with Gasteiger partial charge in [0.1, 0.15) is 17.8 Å². The van der Waals surface area contributed by atoms with E-state index in [0.29, 0.717) is 22.8 Å². The molecule has 0 aliphatic carbocycles. The average molecular weight is 377 g/mol. The number of aryl methyl sites for hydroxylation is 1. The highest BCUT2D eigenvalue weighted by molar-refractivity contribution is 6.30. The first-order valence-corrected chi connectivity index (χ1v) is 8.37. The fourth-order valence-corrected chi connectivity index (χ4v) is 3.02. The molecule has 1 aliphatic heterocycles. The molecule has 3 rings (SSSR count). The molecule has 2 heterocycles. The zero-order chi connectivity index (χ0) is 18.9. The number of imide groups is 1. The maximum absolute atomic E-state index is 12.9. The molecule has 1 fully saturated rings. The summed E-state index contributed by atoms with van der Waals surface area (Å²) in [7, 11) is 0. The molecule has 0 saturated carbocycles. The lowest BCUT2D eigenvalue weighted by molar-refractivity contribution is -0.134. The predicted octanol–water partition coefficient (Wildman–Crippen LogP) is 2.43. The topological polar surface area (TPSA) is 105 Å². The minimum atomic E-state index is -1.22. The Morgan fingerprint density at radius 3 is 2.62 bits per heavy atom. The number of benzene rings is 1. The quantitative estimate of drug-likeness (QED) is 0.780. The number of anilines is 1. The molecule has 0 radical (unpaired) electrons. The second-order valence-electron chi connectivity index (χ2n) is 5.96. The highest BCUT2D eigenvalue weighted by Gasteiger charge is 2.51. The molecule has 4 amide bonds. The summed E-state index contributed by atoms with van der Waals surface area (Å²) in [6, 6.07) is 7.58. The fraction of sp³-hybridized carbons (Fsp3) is 0.294. The van der Waals surface area contributed by atoms with E-state index in [0.717, 1.165) is 4.90 Å². The van der Waals surface area contributed by atoms with E-state index < -0.39 is 29.9 Å². The summed E-state index contributed by atoms with van der Waals surface area (Å²) < 4.78 is 4.86. The Kier molecular flexibility index (Phi) is 4.69. The Morgan fingerprint density at radius 2 is 2.04 bits per heavy atom. The van der Waals surface area contributed by atoms with E-state index in [9.17, 15) is 14.4 Å². The van der Waals surface area contributed by atoms with E-state index in [1.165, 1.54) is 6.07 Å². The first kappa shape index (κ1) is 17.9. The van der Waals surface area contributed by atoms with E-state index in [1.807, 2.05) is 0 Å². The third kappa shape index (κ3) is 3.15. The van der Waals surface area contributed by atoms with E-state index in [-0.39, 0.29) is 5.82 Å². The SMILES string of the molecule is CCC1(c2ccc(Cl)cc2)NC(=O)N(CC(=O)Nc2cc(C)on2)C1=O. The van der Waals surface area contributed by atoms with Gasteiger partial charge in [-0.2, -0.15) is 0 Å². The first-order valence-electron chi connectivity index (χ1n) is 7.99. The number of nitrogens with one attached hydrogen (secondary N) is 2. The lowest BCUT2D eigenvalue weighted by Crippen LogP contribution is -2.44. The number of amides is 4. The lowest BCUT2D eigenvalue weighted by Gasteiger charge is -2.25. The molecule has 1 aliphatic rings. The highest BCUT2D eigenvalue weighted by atomic mass is 35.5. The second-order valence-corrected chi connectivity index (χ2v) is 6.39. The van der Waals surface area contributed by atoms with Crippen LogP contribution in [0.3, 0.4) is 0 Å². The summed E-state index contributed by atoms with van der Waals surface area (Å²) in [5, 5.41) is 9.36. The zero-order valence-electron chi connectivity index (χ0n) is 14.2. The summed E-state index contributed by atoms with van der Waals surface area (Å²) in [5.41, 5.74) is -0.607. The molecule has 26 heavy (non-hydrogen) atoms. The molecular formula is C17H17ClN4O4. The number of hydrogen-bond donors (Lipinski definition) is 2. The van der Waals surface area contributed by atoms with Gasteiger partial charge < -0.3 is 15.2 Å². The van der Waals surface area contributed by atoms with Crippen LogP contribution in [-0.4, -0.2) is 34.4 Å². The number of rotatable bonds is 5. The minimum absolute atomic E-state index is 0.221. The minimum Gasteiger partial charge on any atom is -0.360 e. The molecule has 0 bridgehead atoms. The molecule has 0 spiro atoms. The standard InChI is InChI=1S/C17H17ClN4O4/c1-3-17(11-4-6-12(18)7-5-11)15(24)22(16(25)20-17)9-14(23)19-13-8-10(2)26-21-13/h4-8H,3,9H2,1-2H3,(H,20,25)(H,19,21,23). The van der Waals surface area contributed by atoms with E-state index >= 15 is 0 Å². The van der Waals surface area contributed by atoms with Crippen LogP contribution < -0.4 is 10.6 Å². The zero-order valence-corrected chi connectivity index (χ0v) is 15.0. The van der Waals surface area contributed by atoms with Crippen molar-refractivity contribution in [2.24, 2.45) is 0 Å². The number of carbonyl (C=O) groups excluding carboxylic acids is 3. The van der Waals surface area contributed by atoms with Crippen LogP contribution in [0.4, 0.5) is 10.6 Å². The van der Waals surface area contributed by atoms with Crippen molar-refractivity contribution >= 4 is 35.3 Å². The third-order valence-electron chi connectivity index (χ3n) is 4.24. The van der Waals surface area contributed by atoms with Crippen molar-refractivity contribution in [3.8, 4) is 0 Å². The van der Waals surface area contributed by atoms with Gasteiger partial charge in [-0.15, -0.1) is 0 Å². The Morgan fingerprint density at radius 1 is 1.35 bits per heavy atom. The van der Waals surface area contributed by atoms with Gasteiger partial charge in [0.25, 0.3) is 5.91 Å². The van der Waals surface area contributed by atoms with Crippen molar-refractivity contribution in [1.82, 2.24) is 15.4 Å². The molecule has 1 aromatic carbocycles. The van der Waals surface area contributed by atoms with Crippen molar-refractivity contribution in [1.29, 1.82) is 0 Å². The Hall–Kier alpha value is -2.87. The fourth-order valence-electron chi connectivity index (χ4n) is 2.89. The van der Waals surface area contributed by atoms with E-state index in [4.69, 9.17) is 16.1 Å². The van der Waals surface area contributed by atoms with Gasteiger partial charge in [0.05, 0.1) is 0 Å². The number of nitrogens with zero attached hydrogens (tertiary/aromatic N) is 2. The molecule has 1 unspecified atom stereocenters. The van der Waals surface area contributed by atoms with Crippen LogP contribution in [0.15, 0.2) is 34.9 Å². The Balaban J connectivity index is 1.79. The molecule has 2 aromatic rings. The summed E-state index contributed by atoms with van der Waals surface area (Å²) >= 11 is 5.90. The van der Waals surface area contributed by atoms with Crippen LogP contribution in [0.2, 0.25) is 5.02 Å². The van der Waals surface area contributed by atoms with Crippen LogP contribution in [0.5, 0.6) is 0 Å². The van der Waals surface area contributed by atoms with Gasteiger partial charge >= 0.3 is 6.03 Å². The van der Waals surface area contributed by atoms with Gasteiger partial charge in [-0.05, 0) is 31.0 Å². The van der Waals surface area contributed by atoms with Crippen molar-refractivity contribution in [3.63, 3.8) is 0 Å². The average Bonchev–Trinajstić information content (AvgIpc) is 3.11. The van der Waals surface area contributed by atoms with E-state index in [2.05, 4.69) is 15.8 Å². The molecule has 136 valence electrons. The maximum Gasteiger partial charge on any atom is 0.325 e. The van der Waals surface area contributed by atoms with Crippen molar-refractivity contribution in [3.05, 3.63) is 46.7 Å². The van der Waals surface area contributed by atoms with E-state index in [1.54, 1.807) is 38.1 Å². The highest BCUT2D eigenvalue weighted by Crippen LogP contribution is 2.33. The van der Waals surface area contributed by atoms with Crippen molar-refractivity contribution < 1.29 is 18.9 Å². The summed E-state index contributed by atoms with van der Waals surface area (Å²) in [5.74, 6) is -0.286.